The van der Waals surface area contributed by atoms with E-state index in [2.05, 4.69) is 10.6 Å². The molecule has 4 unspecified atom stereocenters. The smallest absolute Gasteiger partial charge is 0.314 e. The molecule has 0 radical (unpaired) electrons. The minimum absolute atomic E-state index is 0.0861. The topological polar surface area (TPSA) is 171 Å². The van der Waals surface area contributed by atoms with Crippen molar-refractivity contribution >= 4 is 29.5 Å². The van der Waals surface area contributed by atoms with E-state index in [9.17, 15) is 24.0 Å². The van der Waals surface area contributed by atoms with Crippen molar-refractivity contribution < 1.29 is 28.7 Å². The number of Topliss-reactive ketones (excluding diaryl/α,β-unsaturated/α-hetero) is 1. The average Bonchev–Trinajstić information content (AvgIpc) is 2.94. The van der Waals surface area contributed by atoms with E-state index >= 15 is 0 Å². The fourth-order valence-electron chi connectivity index (χ4n) is 4.41. The van der Waals surface area contributed by atoms with Crippen molar-refractivity contribution in [3.05, 3.63) is 29.8 Å². The maximum atomic E-state index is 13.5. The number of rotatable bonds is 21. The van der Waals surface area contributed by atoms with E-state index in [1.165, 1.54) is 0 Å². The van der Waals surface area contributed by atoms with Crippen LogP contribution in [0.15, 0.2) is 24.3 Å². The molecule has 3 amide bonds. The highest BCUT2D eigenvalue weighted by atomic mass is 16.5. The number of hydrogen-bond donors (Lipinski definition) is 4. The minimum Gasteiger partial charge on any atom is -0.426 e. The van der Waals surface area contributed by atoms with Crippen LogP contribution in [0.3, 0.4) is 0 Å². The molecule has 1 rings (SSSR count). The summed E-state index contributed by atoms with van der Waals surface area (Å²) in [7, 11) is 0. The number of ether oxygens (including phenoxy) is 1. The van der Waals surface area contributed by atoms with E-state index < -0.39 is 23.8 Å². The Morgan fingerprint density at radius 2 is 1.63 bits per heavy atom. The van der Waals surface area contributed by atoms with Gasteiger partial charge in [0.15, 0.2) is 5.78 Å². The first-order valence-corrected chi connectivity index (χ1v) is 14.9. The summed E-state index contributed by atoms with van der Waals surface area (Å²) in [5, 5.41) is 5.38. The van der Waals surface area contributed by atoms with E-state index in [0.717, 1.165) is 37.7 Å². The minimum atomic E-state index is -0.837. The summed E-state index contributed by atoms with van der Waals surface area (Å²) in [5.74, 6) is -2.52. The molecule has 0 fully saturated rings. The fourth-order valence-corrected chi connectivity index (χ4v) is 4.41. The summed E-state index contributed by atoms with van der Waals surface area (Å²) in [4.78, 5) is 62.6. The number of nitrogens with one attached hydrogen (secondary N) is 2. The lowest BCUT2D eigenvalue weighted by Crippen LogP contribution is -2.45. The van der Waals surface area contributed by atoms with Crippen LogP contribution < -0.4 is 26.8 Å². The summed E-state index contributed by atoms with van der Waals surface area (Å²) in [5.41, 5.74) is 11.5. The Labute approximate surface area is 244 Å². The predicted octanol–water partition coefficient (Wildman–Crippen LogP) is 3.19. The van der Waals surface area contributed by atoms with Crippen LogP contribution in [-0.4, -0.2) is 48.6 Å². The Morgan fingerprint density at radius 1 is 0.951 bits per heavy atom. The van der Waals surface area contributed by atoms with Gasteiger partial charge in [0, 0.05) is 18.8 Å². The first kappa shape index (κ1) is 35.8. The van der Waals surface area contributed by atoms with Gasteiger partial charge in [-0.05, 0) is 55.8 Å². The Morgan fingerprint density at radius 3 is 2.22 bits per heavy atom. The molecule has 0 aliphatic rings. The van der Waals surface area contributed by atoms with Crippen LogP contribution in [-0.2, 0) is 30.4 Å². The Bertz CT molecular complexity index is 981. The van der Waals surface area contributed by atoms with Gasteiger partial charge in [-0.1, -0.05) is 65.5 Å². The molecule has 0 saturated heterocycles. The molecule has 230 valence electrons. The molecule has 1 aromatic rings. The zero-order chi connectivity index (χ0) is 30.8. The molecule has 10 heteroatoms. The molecule has 4 atom stereocenters. The van der Waals surface area contributed by atoms with Gasteiger partial charge >= 0.3 is 5.97 Å². The zero-order valence-electron chi connectivity index (χ0n) is 25.2. The standard InChI is InChI=1S/C31H50N4O6/c1-5-7-8-12-29(38)35-26(27(36)19-25(21(3)6-2)30(39)34-20-28(33)37)18-23-13-15-24(16-14-23)41-31(40)22(4)11-9-10-17-32/h13-16,21-22,25-26H,5-12,17-20,32H2,1-4H3,(H2,33,37)(H,34,39)(H,35,38). The van der Waals surface area contributed by atoms with Gasteiger partial charge in [-0.2, -0.15) is 0 Å². The molecule has 6 N–H and O–H groups in total. The number of amides is 3. The van der Waals surface area contributed by atoms with Gasteiger partial charge in [0.2, 0.25) is 17.7 Å². The first-order chi connectivity index (χ1) is 19.5. The van der Waals surface area contributed by atoms with Crippen LogP contribution in [0.4, 0.5) is 0 Å². The Kier molecular flexibility index (Phi) is 17.2. The third-order valence-corrected chi connectivity index (χ3v) is 7.33. The number of unbranched alkanes of at least 4 members (excludes halogenated alkanes) is 3. The molecule has 1 aromatic carbocycles. The van der Waals surface area contributed by atoms with E-state index in [0.29, 0.717) is 31.6 Å². The van der Waals surface area contributed by atoms with E-state index in [1.807, 2.05) is 27.7 Å². The number of ketones is 1. The molecular weight excluding hydrogens is 524 g/mol. The second-order valence-corrected chi connectivity index (χ2v) is 10.9. The van der Waals surface area contributed by atoms with Gasteiger partial charge in [-0.25, -0.2) is 0 Å². The van der Waals surface area contributed by atoms with Crippen molar-refractivity contribution in [2.45, 2.75) is 97.9 Å². The van der Waals surface area contributed by atoms with E-state index in [-0.39, 0.29) is 48.9 Å². The molecular formula is C31H50N4O6. The van der Waals surface area contributed by atoms with Gasteiger partial charge in [0.05, 0.1) is 18.5 Å². The largest absolute Gasteiger partial charge is 0.426 e. The number of esters is 1. The van der Waals surface area contributed by atoms with E-state index in [1.54, 1.807) is 24.3 Å². The van der Waals surface area contributed by atoms with Crippen molar-refractivity contribution in [3.8, 4) is 5.75 Å². The highest BCUT2D eigenvalue weighted by Crippen LogP contribution is 2.22. The van der Waals surface area contributed by atoms with Gasteiger partial charge in [-0.3, -0.25) is 24.0 Å². The average molecular weight is 575 g/mol. The van der Waals surface area contributed by atoms with E-state index in [4.69, 9.17) is 16.2 Å². The highest BCUT2D eigenvalue weighted by molar-refractivity contribution is 5.93. The summed E-state index contributed by atoms with van der Waals surface area (Å²) in [6.45, 7) is 7.96. The molecule has 0 heterocycles. The Hall–Kier alpha value is -3.27. The summed E-state index contributed by atoms with van der Waals surface area (Å²) in [6.07, 6.45) is 6.12. The monoisotopic (exact) mass is 574 g/mol. The Balaban J connectivity index is 3.01. The van der Waals surface area contributed by atoms with Crippen molar-refractivity contribution in [2.75, 3.05) is 13.1 Å². The molecule has 0 bridgehead atoms. The van der Waals surface area contributed by atoms with Crippen molar-refractivity contribution in [2.24, 2.45) is 29.2 Å². The van der Waals surface area contributed by atoms with Crippen molar-refractivity contribution in [1.29, 1.82) is 0 Å². The quantitative estimate of drug-likeness (QED) is 0.0992. The SMILES string of the molecule is CCCCCC(=O)NC(Cc1ccc(OC(=O)C(C)CCCCN)cc1)C(=O)CC(C(=O)NCC(N)=O)C(C)CC. The molecule has 10 nitrogen and oxygen atoms in total. The second-order valence-electron chi connectivity index (χ2n) is 10.9. The lowest BCUT2D eigenvalue weighted by molar-refractivity contribution is -0.138. The van der Waals surface area contributed by atoms with Gasteiger partial charge in [0.1, 0.15) is 5.75 Å². The molecule has 0 spiro atoms. The zero-order valence-corrected chi connectivity index (χ0v) is 25.2. The molecule has 41 heavy (non-hydrogen) atoms. The second kappa shape index (κ2) is 19.7. The van der Waals surface area contributed by atoms with Gasteiger partial charge < -0.3 is 26.8 Å². The third-order valence-electron chi connectivity index (χ3n) is 7.33. The lowest BCUT2D eigenvalue weighted by Gasteiger charge is -2.25. The summed E-state index contributed by atoms with van der Waals surface area (Å²) in [6, 6.07) is 6.02. The number of hydrogen-bond acceptors (Lipinski definition) is 7. The van der Waals surface area contributed by atoms with Crippen LogP contribution in [0.5, 0.6) is 5.75 Å². The van der Waals surface area contributed by atoms with Crippen LogP contribution in [0.1, 0.15) is 91.0 Å². The van der Waals surface area contributed by atoms with Gasteiger partial charge in [-0.15, -0.1) is 0 Å². The van der Waals surface area contributed by atoms with Crippen LogP contribution >= 0.6 is 0 Å². The van der Waals surface area contributed by atoms with Gasteiger partial charge in [0.25, 0.3) is 0 Å². The molecule has 0 saturated carbocycles. The number of nitrogens with two attached hydrogens (primary N) is 2. The van der Waals surface area contributed by atoms with Crippen LogP contribution in [0, 0.1) is 17.8 Å². The summed E-state index contributed by atoms with van der Waals surface area (Å²) < 4.78 is 5.51. The van der Waals surface area contributed by atoms with Crippen LogP contribution in [0.2, 0.25) is 0 Å². The number of carbonyl (C=O) groups excluding carboxylic acids is 5. The third kappa shape index (κ3) is 14.3. The molecule has 0 aliphatic carbocycles. The maximum Gasteiger partial charge on any atom is 0.314 e. The maximum absolute atomic E-state index is 13.5. The number of carbonyl (C=O) groups is 5. The normalized spacial score (nSPS) is 13.9. The number of benzene rings is 1. The first-order valence-electron chi connectivity index (χ1n) is 14.9. The van der Waals surface area contributed by atoms with Crippen molar-refractivity contribution in [1.82, 2.24) is 10.6 Å². The lowest BCUT2D eigenvalue weighted by atomic mass is 9.84. The summed E-state index contributed by atoms with van der Waals surface area (Å²) >= 11 is 0. The fraction of sp³-hybridized carbons (Fsp3) is 0.645. The molecule has 0 aliphatic heterocycles. The van der Waals surface area contributed by atoms with Crippen LogP contribution in [0.25, 0.3) is 0 Å². The van der Waals surface area contributed by atoms with Crippen molar-refractivity contribution in [3.63, 3.8) is 0 Å². The highest BCUT2D eigenvalue weighted by Gasteiger charge is 2.31. The number of primary amides is 1. The predicted molar refractivity (Wildman–Crippen MR) is 159 cm³/mol. The molecule has 0 aromatic heterocycles.